The molecule has 1 atom stereocenters. The molecule has 3 rings (SSSR count). The van der Waals surface area contributed by atoms with E-state index in [1.807, 2.05) is 26.0 Å². The summed E-state index contributed by atoms with van der Waals surface area (Å²) in [4.78, 5) is 12.9. The van der Waals surface area contributed by atoms with Gasteiger partial charge in [-0.05, 0) is 68.0 Å². The molecule has 1 heterocycles. The number of carbonyl (C=O) groups excluding carboxylic acids is 1. The number of amides is 1. The molecule has 0 saturated carbocycles. The van der Waals surface area contributed by atoms with Crippen LogP contribution in [0.3, 0.4) is 0 Å². The molecule has 5 nitrogen and oxygen atoms in total. The van der Waals surface area contributed by atoms with E-state index in [1.54, 1.807) is 6.07 Å². The number of nitrogens with one attached hydrogen (secondary N) is 1. The van der Waals surface area contributed by atoms with E-state index < -0.39 is 10.0 Å². The predicted octanol–water partition coefficient (Wildman–Crippen LogP) is 4.62. The lowest BCUT2D eigenvalue weighted by atomic mass is 9.99. The van der Waals surface area contributed by atoms with Crippen LogP contribution in [0.1, 0.15) is 59.3 Å². The highest BCUT2D eigenvalue weighted by Gasteiger charge is 2.30. The minimum absolute atomic E-state index is 0.00653. The smallest absolute Gasteiger partial charge is 0.251 e. The predicted molar refractivity (Wildman–Crippen MR) is 116 cm³/mol. The molecule has 2 aromatic rings. The summed E-state index contributed by atoms with van der Waals surface area (Å²) in [6.45, 7) is 7.07. The first kappa shape index (κ1) is 21.8. The minimum atomic E-state index is -3.70. The van der Waals surface area contributed by atoms with Crippen molar-refractivity contribution in [3.63, 3.8) is 0 Å². The van der Waals surface area contributed by atoms with Gasteiger partial charge in [0.2, 0.25) is 10.0 Å². The monoisotopic (exact) mass is 434 g/mol. The summed E-state index contributed by atoms with van der Waals surface area (Å²) in [6, 6.07) is 10.4. The Hall–Kier alpha value is -1.89. The highest BCUT2D eigenvalue weighted by Crippen LogP contribution is 2.28. The second-order valence-corrected chi connectivity index (χ2v) is 9.85. The molecule has 1 amide bonds. The summed E-state index contributed by atoms with van der Waals surface area (Å²) in [7, 11) is -3.70. The molecule has 0 bridgehead atoms. The molecule has 0 aliphatic carbocycles. The maximum Gasteiger partial charge on any atom is 0.251 e. The van der Waals surface area contributed by atoms with Gasteiger partial charge in [0.1, 0.15) is 4.90 Å². The Labute approximate surface area is 178 Å². The van der Waals surface area contributed by atoms with Crippen molar-refractivity contribution in [1.82, 2.24) is 9.62 Å². The quantitative estimate of drug-likeness (QED) is 0.721. The van der Waals surface area contributed by atoms with Gasteiger partial charge in [0.15, 0.2) is 0 Å². The largest absolute Gasteiger partial charge is 0.345 e. The normalized spacial score (nSPS) is 16.0. The van der Waals surface area contributed by atoms with Crippen LogP contribution in [-0.4, -0.2) is 31.7 Å². The number of hydrogen-bond acceptors (Lipinski definition) is 3. The minimum Gasteiger partial charge on any atom is -0.345 e. The van der Waals surface area contributed by atoms with Crippen molar-refractivity contribution in [1.29, 1.82) is 0 Å². The fourth-order valence-electron chi connectivity index (χ4n) is 3.55. The molecule has 0 radical (unpaired) electrons. The summed E-state index contributed by atoms with van der Waals surface area (Å²) < 4.78 is 27.2. The zero-order chi connectivity index (χ0) is 21.2. The maximum absolute atomic E-state index is 12.9. The second kappa shape index (κ2) is 8.86. The Kier molecular flexibility index (Phi) is 6.66. The van der Waals surface area contributed by atoms with Crippen molar-refractivity contribution < 1.29 is 13.2 Å². The number of carbonyl (C=O) groups is 1. The number of aryl methyl sites for hydroxylation is 2. The zero-order valence-corrected chi connectivity index (χ0v) is 18.6. The lowest BCUT2D eigenvalue weighted by molar-refractivity contribution is 0.0935. The second-order valence-electron chi connectivity index (χ2n) is 7.53. The Morgan fingerprint density at radius 2 is 1.79 bits per heavy atom. The lowest BCUT2D eigenvalue weighted by Crippen LogP contribution is -2.30. The highest BCUT2D eigenvalue weighted by molar-refractivity contribution is 7.89. The molecule has 7 heteroatoms. The van der Waals surface area contributed by atoms with Gasteiger partial charge in [0, 0.05) is 18.7 Å². The van der Waals surface area contributed by atoms with E-state index >= 15 is 0 Å². The molecular weight excluding hydrogens is 408 g/mol. The first-order valence-electron chi connectivity index (χ1n) is 9.91. The van der Waals surface area contributed by atoms with Gasteiger partial charge in [-0.25, -0.2) is 8.42 Å². The number of sulfonamides is 1. The Morgan fingerprint density at radius 1 is 1.10 bits per heavy atom. The highest BCUT2D eigenvalue weighted by atomic mass is 35.5. The van der Waals surface area contributed by atoms with E-state index in [4.69, 9.17) is 11.6 Å². The molecule has 1 aliphatic rings. The van der Waals surface area contributed by atoms with Gasteiger partial charge in [0.05, 0.1) is 11.1 Å². The molecule has 1 saturated heterocycles. The molecule has 2 aromatic carbocycles. The van der Waals surface area contributed by atoms with Crippen LogP contribution in [0.4, 0.5) is 0 Å². The average molecular weight is 435 g/mol. The Balaban J connectivity index is 1.86. The van der Waals surface area contributed by atoms with Crippen molar-refractivity contribution in [3.8, 4) is 0 Å². The zero-order valence-electron chi connectivity index (χ0n) is 17.0. The number of nitrogens with zero attached hydrogens (tertiary/aromatic N) is 1. The van der Waals surface area contributed by atoms with Gasteiger partial charge >= 0.3 is 0 Å². The fourth-order valence-corrected chi connectivity index (χ4v) is 5.57. The first-order chi connectivity index (χ1) is 13.7. The van der Waals surface area contributed by atoms with Crippen molar-refractivity contribution in [2.45, 2.75) is 51.0 Å². The number of halogens is 1. The summed E-state index contributed by atoms with van der Waals surface area (Å²) in [5.41, 5.74) is 3.68. The number of hydrogen-bond donors (Lipinski definition) is 1. The molecule has 156 valence electrons. The van der Waals surface area contributed by atoms with Crippen molar-refractivity contribution in [3.05, 3.63) is 63.7 Å². The van der Waals surface area contributed by atoms with Crippen molar-refractivity contribution in [2.24, 2.45) is 0 Å². The Bertz CT molecular complexity index is 1010. The van der Waals surface area contributed by atoms with E-state index in [9.17, 15) is 13.2 Å². The van der Waals surface area contributed by atoms with E-state index in [2.05, 4.69) is 18.3 Å². The molecule has 0 spiro atoms. The molecule has 1 fully saturated rings. The first-order valence-corrected chi connectivity index (χ1v) is 11.7. The van der Waals surface area contributed by atoms with Crippen molar-refractivity contribution >= 4 is 27.5 Å². The van der Waals surface area contributed by atoms with Crippen LogP contribution in [0, 0.1) is 13.8 Å². The summed E-state index contributed by atoms with van der Waals surface area (Å²) >= 11 is 6.19. The molecule has 0 aromatic heterocycles. The third-order valence-electron chi connectivity index (χ3n) is 5.52. The summed E-state index contributed by atoms with van der Waals surface area (Å²) in [5.74, 6) is -0.315. The van der Waals surface area contributed by atoms with Gasteiger partial charge in [-0.1, -0.05) is 36.7 Å². The van der Waals surface area contributed by atoms with E-state index in [-0.39, 0.29) is 27.4 Å². The standard InChI is InChI=1S/C22H27ClN2O3S/c1-4-20(17-8-7-15(2)16(3)13-17)24-22(26)18-9-10-19(23)21(14-18)29(27,28)25-11-5-6-12-25/h7-10,13-14,20H,4-6,11-12H2,1-3H3,(H,24,26). The van der Waals surface area contributed by atoms with Crippen LogP contribution in [0.2, 0.25) is 5.02 Å². The van der Waals surface area contributed by atoms with Crippen molar-refractivity contribution in [2.75, 3.05) is 13.1 Å². The van der Waals surface area contributed by atoms with Gasteiger partial charge in [0.25, 0.3) is 5.91 Å². The fraction of sp³-hybridized carbons (Fsp3) is 0.409. The molecular formula is C22H27ClN2O3S. The average Bonchev–Trinajstić information content (AvgIpc) is 3.24. The third kappa shape index (κ3) is 4.65. The van der Waals surface area contributed by atoms with Crippen LogP contribution < -0.4 is 5.32 Å². The molecule has 1 unspecified atom stereocenters. The van der Waals surface area contributed by atoms with Crippen LogP contribution in [0.5, 0.6) is 0 Å². The van der Waals surface area contributed by atoms with E-state index in [1.165, 1.54) is 27.6 Å². The van der Waals surface area contributed by atoms with Crippen LogP contribution >= 0.6 is 11.6 Å². The van der Waals surface area contributed by atoms with Gasteiger partial charge < -0.3 is 5.32 Å². The third-order valence-corrected chi connectivity index (χ3v) is 7.90. The lowest BCUT2D eigenvalue weighted by Gasteiger charge is -2.20. The van der Waals surface area contributed by atoms with E-state index in [0.29, 0.717) is 13.1 Å². The maximum atomic E-state index is 12.9. The van der Waals surface area contributed by atoms with Crippen LogP contribution in [-0.2, 0) is 10.0 Å². The SMILES string of the molecule is CCC(NC(=O)c1ccc(Cl)c(S(=O)(=O)N2CCCC2)c1)c1ccc(C)c(C)c1. The topological polar surface area (TPSA) is 66.5 Å². The van der Waals surface area contributed by atoms with Crippen LogP contribution in [0.15, 0.2) is 41.3 Å². The Morgan fingerprint density at radius 3 is 2.41 bits per heavy atom. The molecule has 1 N–H and O–H groups in total. The van der Waals surface area contributed by atoms with Gasteiger partial charge in [-0.15, -0.1) is 0 Å². The van der Waals surface area contributed by atoms with Crippen LogP contribution in [0.25, 0.3) is 0 Å². The molecule has 1 aliphatic heterocycles. The molecule has 29 heavy (non-hydrogen) atoms. The van der Waals surface area contributed by atoms with Gasteiger partial charge in [-0.2, -0.15) is 4.31 Å². The summed E-state index contributed by atoms with van der Waals surface area (Å²) in [6.07, 6.45) is 2.40. The van der Waals surface area contributed by atoms with E-state index in [0.717, 1.165) is 24.8 Å². The van der Waals surface area contributed by atoms with Gasteiger partial charge in [-0.3, -0.25) is 4.79 Å². The number of benzene rings is 2. The number of rotatable bonds is 6. The summed E-state index contributed by atoms with van der Waals surface area (Å²) in [5, 5.41) is 3.16.